The maximum Gasteiger partial charge on any atom is 0.0991 e. The van der Waals surface area contributed by atoms with Crippen molar-refractivity contribution in [2.75, 3.05) is 0 Å². The van der Waals surface area contributed by atoms with E-state index in [0.29, 0.717) is 0 Å². The van der Waals surface area contributed by atoms with Crippen LogP contribution in [0.3, 0.4) is 0 Å². The number of halogens is 2. The summed E-state index contributed by atoms with van der Waals surface area (Å²) in [7, 11) is 0. The zero-order valence-corrected chi connectivity index (χ0v) is 12.5. The average Bonchev–Trinajstić information content (AvgIpc) is 2.67. The Morgan fingerprint density at radius 1 is 1.44 bits per heavy atom. The van der Waals surface area contributed by atoms with Gasteiger partial charge in [0.15, 0.2) is 0 Å². The molecule has 0 saturated heterocycles. The van der Waals surface area contributed by atoms with E-state index in [1.54, 1.807) is 0 Å². The summed E-state index contributed by atoms with van der Waals surface area (Å²) in [5.41, 5.74) is 3.49. The number of nitrogens with one attached hydrogen (secondary N) is 1. The number of aryl methyl sites for hydroxylation is 1. The minimum absolute atomic E-state index is 0.175. The normalized spacial score (nSPS) is 12.7. The highest BCUT2D eigenvalue weighted by Crippen LogP contribution is 2.34. The van der Waals surface area contributed by atoms with Crippen LogP contribution in [0.5, 0.6) is 0 Å². The fourth-order valence-electron chi connectivity index (χ4n) is 1.72. The number of aromatic nitrogens is 1. The molecule has 0 radical (unpaired) electrons. The molecule has 18 heavy (non-hydrogen) atoms. The molecule has 0 aliphatic carbocycles. The van der Waals surface area contributed by atoms with E-state index in [9.17, 15) is 0 Å². The highest BCUT2D eigenvalue weighted by atomic mass is 35.5. The van der Waals surface area contributed by atoms with Crippen LogP contribution in [0.25, 0.3) is 0 Å². The minimum atomic E-state index is 0.175. The third kappa shape index (κ3) is 3.23. The second-order valence-electron chi connectivity index (χ2n) is 4.18. The second kappa shape index (κ2) is 6.02. The zero-order valence-electron chi connectivity index (χ0n) is 10.2. The first-order chi connectivity index (χ1) is 8.58. The molecule has 1 N–H and O–H groups in total. The van der Waals surface area contributed by atoms with Gasteiger partial charge in [-0.2, -0.15) is 0 Å². The Balaban J connectivity index is 2.03. The monoisotopic (exact) mass is 300 g/mol. The summed E-state index contributed by atoms with van der Waals surface area (Å²) in [6.07, 6.45) is 3.68. The largest absolute Gasteiger partial charge is 0.306 e. The second-order valence-corrected chi connectivity index (χ2v) is 6.47. The summed E-state index contributed by atoms with van der Waals surface area (Å²) in [5, 5.41) is 3.45. The molecule has 0 saturated carbocycles. The van der Waals surface area contributed by atoms with Gasteiger partial charge in [-0.05, 0) is 42.7 Å². The van der Waals surface area contributed by atoms with E-state index in [4.69, 9.17) is 23.2 Å². The van der Waals surface area contributed by atoms with Gasteiger partial charge in [-0.25, -0.2) is 0 Å². The number of hydrogen-bond acceptors (Lipinski definition) is 3. The summed E-state index contributed by atoms with van der Waals surface area (Å²) < 4.78 is 1.48. The summed E-state index contributed by atoms with van der Waals surface area (Å²) in [6, 6.07) is 4.12. The number of pyridine rings is 1. The molecule has 1 atom stereocenters. The molecule has 0 amide bonds. The van der Waals surface area contributed by atoms with Crippen LogP contribution in [-0.2, 0) is 6.54 Å². The van der Waals surface area contributed by atoms with Crippen molar-refractivity contribution in [3.8, 4) is 0 Å². The van der Waals surface area contributed by atoms with Gasteiger partial charge in [-0.15, -0.1) is 11.3 Å². The fourth-order valence-corrected chi connectivity index (χ4v) is 3.37. The van der Waals surface area contributed by atoms with E-state index in [2.05, 4.69) is 24.1 Å². The molecule has 0 aliphatic heterocycles. The molecule has 1 unspecified atom stereocenters. The zero-order chi connectivity index (χ0) is 13.1. The van der Waals surface area contributed by atoms with Gasteiger partial charge in [-0.1, -0.05) is 23.2 Å². The third-order valence-electron chi connectivity index (χ3n) is 2.88. The van der Waals surface area contributed by atoms with Crippen molar-refractivity contribution in [3.05, 3.63) is 49.9 Å². The van der Waals surface area contributed by atoms with Gasteiger partial charge in [-0.3, -0.25) is 4.98 Å². The lowest BCUT2D eigenvalue weighted by molar-refractivity contribution is 0.574. The molecule has 0 spiro atoms. The standard InChI is InChI=1S/C13H14Cl2N2S/c1-8-6-16-4-3-10(8)7-17-9(2)11-5-12(14)18-13(11)15/h3-6,9,17H,7H2,1-2H3. The Kier molecular flexibility index (Phi) is 4.62. The third-order valence-corrected chi connectivity index (χ3v) is 4.40. The van der Waals surface area contributed by atoms with Crippen LogP contribution in [0.15, 0.2) is 24.5 Å². The van der Waals surface area contributed by atoms with Crippen LogP contribution in [0.4, 0.5) is 0 Å². The van der Waals surface area contributed by atoms with Gasteiger partial charge < -0.3 is 5.32 Å². The van der Waals surface area contributed by atoms with Crippen LogP contribution >= 0.6 is 34.5 Å². The van der Waals surface area contributed by atoms with Crippen molar-refractivity contribution >= 4 is 34.5 Å². The predicted octanol–water partition coefficient (Wildman–Crippen LogP) is 4.61. The molecule has 0 bridgehead atoms. The molecule has 2 aromatic heterocycles. The van der Waals surface area contributed by atoms with Crippen molar-refractivity contribution in [3.63, 3.8) is 0 Å². The van der Waals surface area contributed by atoms with E-state index in [0.717, 1.165) is 20.8 Å². The lowest BCUT2D eigenvalue weighted by Crippen LogP contribution is -2.18. The van der Waals surface area contributed by atoms with Crippen molar-refractivity contribution < 1.29 is 0 Å². The number of hydrogen-bond donors (Lipinski definition) is 1. The van der Waals surface area contributed by atoms with Crippen LogP contribution < -0.4 is 5.32 Å². The van der Waals surface area contributed by atoms with Crippen LogP contribution in [0.2, 0.25) is 8.67 Å². The number of nitrogens with zero attached hydrogens (tertiary/aromatic N) is 1. The Morgan fingerprint density at radius 3 is 2.83 bits per heavy atom. The van der Waals surface area contributed by atoms with E-state index in [1.807, 2.05) is 24.5 Å². The van der Waals surface area contributed by atoms with E-state index in [1.165, 1.54) is 22.5 Å². The minimum Gasteiger partial charge on any atom is -0.306 e. The molecule has 5 heteroatoms. The summed E-state index contributed by atoms with van der Waals surface area (Å²) in [5.74, 6) is 0. The van der Waals surface area contributed by atoms with Crippen molar-refractivity contribution in [2.24, 2.45) is 0 Å². The van der Waals surface area contributed by atoms with Gasteiger partial charge in [0.25, 0.3) is 0 Å². The quantitative estimate of drug-likeness (QED) is 0.892. The van der Waals surface area contributed by atoms with Crippen molar-refractivity contribution in [1.82, 2.24) is 10.3 Å². The molecule has 2 heterocycles. The van der Waals surface area contributed by atoms with Gasteiger partial charge >= 0.3 is 0 Å². The Hall–Kier alpha value is -0.610. The lowest BCUT2D eigenvalue weighted by Gasteiger charge is -2.14. The molecule has 2 rings (SSSR count). The van der Waals surface area contributed by atoms with Gasteiger partial charge in [0.05, 0.1) is 8.67 Å². The fraction of sp³-hybridized carbons (Fsp3) is 0.308. The smallest absolute Gasteiger partial charge is 0.0991 e. The molecule has 2 nitrogen and oxygen atoms in total. The summed E-state index contributed by atoms with van der Waals surface area (Å²) in [6.45, 7) is 4.93. The first-order valence-corrected chi connectivity index (χ1v) is 7.22. The first-order valence-electron chi connectivity index (χ1n) is 5.65. The Labute approximate surface area is 121 Å². The molecule has 0 aromatic carbocycles. The maximum atomic E-state index is 6.14. The van der Waals surface area contributed by atoms with Gasteiger partial charge in [0, 0.05) is 25.0 Å². The first kappa shape index (κ1) is 13.8. The van der Waals surface area contributed by atoms with Crippen molar-refractivity contribution in [2.45, 2.75) is 26.4 Å². The van der Waals surface area contributed by atoms with Gasteiger partial charge in [0.2, 0.25) is 0 Å². The van der Waals surface area contributed by atoms with E-state index in [-0.39, 0.29) is 6.04 Å². The highest BCUT2D eigenvalue weighted by Gasteiger charge is 2.13. The maximum absolute atomic E-state index is 6.14. The molecular formula is C13H14Cl2N2S. The molecule has 96 valence electrons. The van der Waals surface area contributed by atoms with Crippen LogP contribution in [0, 0.1) is 6.92 Å². The molecule has 2 aromatic rings. The van der Waals surface area contributed by atoms with Gasteiger partial charge in [0.1, 0.15) is 0 Å². The molecule has 0 aliphatic rings. The number of thiophene rings is 1. The summed E-state index contributed by atoms with van der Waals surface area (Å²) in [4.78, 5) is 4.08. The van der Waals surface area contributed by atoms with Crippen molar-refractivity contribution in [1.29, 1.82) is 0 Å². The Morgan fingerprint density at radius 2 is 2.22 bits per heavy atom. The molecule has 0 fully saturated rings. The number of rotatable bonds is 4. The molecular weight excluding hydrogens is 287 g/mol. The summed E-state index contributed by atoms with van der Waals surface area (Å²) >= 11 is 13.5. The topological polar surface area (TPSA) is 24.9 Å². The predicted molar refractivity (Wildman–Crippen MR) is 78.6 cm³/mol. The van der Waals surface area contributed by atoms with Crippen LogP contribution in [-0.4, -0.2) is 4.98 Å². The van der Waals surface area contributed by atoms with E-state index < -0.39 is 0 Å². The SMILES string of the molecule is Cc1cnccc1CNC(C)c1cc(Cl)sc1Cl. The van der Waals surface area contributed by atoms with E-state index >= 15 is 0 Å². The van der Waals surface area contributed by atoms with Crippen LogP contribution in [0.1, 0.15) is 29.7 Å². The highest BCUT2D eigenvalue weighted by molar-refractivity contribution is 7.20. The lowest BCUT2D eigenvalue weighted by atomic mass is 10.1. The Bertz CT molecular complexity index is 540. The average molecular weight is 301 g/mol.